The van der Waals surface area contributed by atoms with E-state index in [4.69, 9.17) is 4.98 Å². The first-order valence-electron chi connectivity index (χ1n) is 8.67. The van der Waals surface area contributed by atoms with Crippen LogP contribution in [0.15, 0.2) is 85.1 Å². The fourth-order valence-corrected chi connectivity index (χ4v) is 3.01. The van der Waals surface area contributed by atoms with E-state index in [0.29, 0.717) is 18.7 Å². The molecule has 0 unspecified atom stereocenters. The molecule has 0 aliphatic heterocycles. The Hall–Kier alpha value is -3.40. The number of rotatable bonds is 5. The van der Waals surface area contributed by atoms with Gasteiger partial charge in [-0.1, -0.05) is 66.7 Å². The molecule has 0 radical (unpaired) electrons. The summed E-state index contributed by atoms with van der Waals surface area (Å²) in [7, 11) is 0. The molecular weight excluding hydrogens is 322 g/mol. The van der Waals surface area contributed by atoms with Gasteiger partial charge in [0.15, 0.2) is 0 Å². The lowest BCUT2D eigenvalue weighted by Crippen LogP contribution is -2.14. The first-order valence-corrected chi connectivity index (χ1v) is 8.67. The number of nitrogens with zero attached hydrogens (tertiary/aromatic N) is 2. The number of pyridine rings is 1. The predicted octanol–water partition coefficient (Wildman–Crippen LogP) is 4.57. The largest absolute Gasteiger partial charge is 0.310 e. The van der Waals surface area contributed by atoms with Crippen LogP contribution < -0.4 is 5.32 Å². The van der Waals surface area contributed by atoms with Crippen LogP contribution in [0.5, 0.6) is 0 Å². The van der Waals surface area contributed by atoms with E-state index in [9.17, 15) is 4.79 Å². The van der Waals surface area contributed by atoms with Crippen LogP contribution >= 0.6 is 0 Å². The summed E-state index contributed by atoms with van der Waals surface area (Å²) in [6.45, 7) is 0. The number of imidazole rings is 1. The van der Waals surface area contributed by atoms with Gasteiger partial charge in [0, 0.05) is 18.2 Å². The molecule has 4 aromatic rings. The summed E-state index contributed by atoms with van der Waals surface area (Å²) in [5, 5.41) is 3.06. The number of aromatic nitrogens is 2. The van der Waals surface area contributed by atoms with Gasteiger partial charge in [-0.15, -0.1) is 0 Å². The van der Waals surface area contributed by atoms with Gasteiger partial charge in [0.05, 0.1) is 0 Å². The number of carbonyl (C=O) groups is 1. The quantitative estimate of drug-likeness (QED) is 0.578. The Morgan fingerprint density at radius 2 is 1.58 bits per heavy atom. The number of amides is 1. The molecule has 1 amide bonds. The monoisotopic (exact) mass is 341 g/mol. The Balaban J connectivity index is 1.61. The molecule has 2 aromatic heterocycles. The normalized spacial score (nSPS) is 10.8. The van der Waals surface area contributed by atoms with E-state index in [1.807, 2.05) is 89.5 Å². The van der Waals surface area contributed by atoms with Crippen LogP contribution in [-0.2, 0) is 11.2 Å². The molecule has 0 fully saturated rings. The molecule has 0 spiro atoms. The molecule has 0 saturated heterocycles. The molecule has 2 aromatic carbocycles. The summed E-state index contributed by atoms with van der Waals surface area (Å²) in [4.78, 5) is 17.3. The van der Waals surface area contributed by atoms with Gasteiger partial charge in [-0.25, -0.2) is 4.98 Å². The van der Waals surface area contributed by atoms with Crippen molar-refractivity contribution in [3.63, 3.8) is 0 Å². The van der Waals surface area contributed by atoms with E-state index in [1.54, 1.807) is 0 Å². The zero-order valence-corrected chi connectivity index (χ0v) is 14.3. The van der Waals surface area contributed by atoms with Crippen LogP contribution in [0.2, 0.25) is 0 Å². The zero-order valence-electron chi connectivity index (χ0n) is 14.3. The highest BCUT2D eigenvalue weighted by Crippen LogP contribution is 2.28. The fraction of sp³-hybridized carbons (Fsp3) is 0.0909. The van der Waals surface area contributed by atoms with Gasteiger partial charge in [0.1, 0.15) is 17.2 Å². The van der Waals surface area contributed by atoms with Crippen molar-refractivity contribution in [2.24, 2.45) is 0 Å². The van der Waals surface area contributed by atoms with Gasteiger partial charge in [-0.2, -0.15) is 0 Å². The lowest BCUT2D eigenvalue weighted by Gasteiger charge is -2.08. The molecule has 4 heteroatoms. The van der Waals surface area contributed by atoms with Gasteiger partial charge >= 0.3 is 0 Å². The first kappa shape index (κ1) is 16.1. The Morgan fingerprint density at radius 3 is 2.35 bits per heavy atom. The van der Waals surface area contributed by atoms with Gasteiger partial charge in [-0.3, -0.25) is 9.20 Å². The maximum absolute atomic E-state index is 12.6. The average Bonchev–Trinajstić information content (AvgIpc) is 3.06. The van der Waals surface area contributed by atoms with Crippen molar-refractivity contribution in [2.75, 3.05) is 5.32 Å². The predicted molar refractivity (Wildman–Crippen MR) is 104 cm³/mol. The van der Waals surface area contributed by atoms with Crippen LogP contribution in [0, 0.1) is 0 Å². The molecule has 0 saturated carbocycles. The first-order chi connectivity index (χ1) is 12.8. The van der Waals surface area contributed by atoms with E-state index in [0.717, 1.165) is 22.5 Å². The molecule has 0 atom stereocenters. The van der Waals surface area contributed by atoms with Crippen LogP contribution in [-0.4, -0.2) is 15.3 Å². The number of hydrogen-bond acceptors (Lipinski definition) is 2. The number of nitrogens with one attached hydrogen (secondary N) is 1. The summed E-state index contributed by atoms with van der Waals surface area (Å²) < 4.78 is 1.92. The number of benzene rings is 2. The van der Waals surface area contributed by atoms with Crippen molar-refractivity contribution in [3.05, 3.63) is 90.6 Å². The van der Waals surface area contributed by atoms with Crippen LogP contribution in [0.3, 0.4) is 0 Å². The van der Waals surface area contributed by atoms with Gasteiger partial charge in [0.25, 0.3) is 0 Å². The summed E-state index contributed by atoms with van der Waals surface area (Å²) in [6.07, 6.45) is 3.06. The Labute approximate surface area is 152 Å². The minimum absolute atomic E-state index is 0.0170. The van der Waals surface area contributed by atoms with Crippen molar-refractivity contribution < 1.29 is 4.79 Å². The molecule has 26 heavy (non-hydrogen) atoms. The molecule has 4 nitrogen and oxygen atoms in total. The van der Waals surface area contributed by atoms with Gasteiger partial charge < -0.3 is 5.32 Å². The van der Waals surface area contributed by atoms with E-state index in [-0.39, 0.29) is 5.91 Å². The number of fused-ring (bicyclic) bond motifs is 1. The highest BCUT2D eigenvalue weighted by molar-refractivity contribution is 5.94. The lowest BCUT2D eigenvalue weighted by atomic mass is 10.1. The molecule has 2 heterocycles. The Kier molecular flexibility index (Phi) is 4.48. The second-order valence-electron chi connectivity index (χ2n) is 6.14. The lowest BCUT2D eigenvalue weighted by molar-refractivity contribution is -0.116. The summed E-state index contributed by atoms with van der Waals surface area (Å²) in [6, 6.07) is 25.8. The third kappa shape index (κ3) is 3.35. The maximum atomic E-state index is 12.6. The molecule has 0 aliphatic rings. The van der Waals surface area contributed by atoms with Gasteiger partial charge in [0.2, 0.25) is 5.91 Å². The molecule has 0 bridgehead atoms. The molecule has 0 aliphatic carbocycles. The highest BCUT2D eigenvalue weighted by atomic mass is 16.1. The second-order valence-corrected chi connectivity index (χ2v) is 6.14. The Morgan fingerprint density at radius 1 is 0.885 bits per heavy atom. The van der Waals surface area contributed by atoms with Crippen molar-refractivity contribution in [1.82, 2.24) is 9.38 Å². The second kappa shape index (κ2) is 7.23. The topological polar surface area (TPSA) is 46.4 Å². The standard InChI is InChI=1S/C22H19N3O/c26-20(15-14-17-9-3-1-4-10-17)24-22-21(18-11-5-2-6-12-18)23-19-13-7-8-16-25(19)22/h1-13,16H,14-15H2,(H,24,26). The zero-order chi connectivity index (χ0) is 17.8. The van der Waals surface area contributed by atoms with E-state index < -0.39 is 0 Å². The third-order valence-electron chi connectivity index (χ3n) is 4.32. The van der Waals surface area contributed by atoms with Crippen molar-refractivity contribution >= 4 is 17.4 Å². The van der Waals surface area contributed by atoms with Crippen LogP contribution in [0.25, 0.3) is 16.9 Å². The van der Waals surface area contributed by atoms with E-state index in [1.165, 1.54) is 0 Å². The molecular formula is C22H19N3O. The molecule has 4 rings (SSSR count). The minimum Gasteiger partial charge on any atom is -0.310 e. The van der Waals surface area contributed by atoms with Crippen molar-refractivity contribution in [2.45, 2.75) is 12.8 Å². The average molecular weight is 341 g/mol. The number of carbonyl (C=O) groups excluding carboxylic acids is 1. The maximum Gasteiger partial charge on any atom is 0.225 e. The smallest absolute Gasteiger partial charge is 0.225 e. The summed E-state index contributed by atoms with van der Waals surface area (Å²) in [5.41, 5.74) is 3.73. The van der Waals surface area contributed by atoms with Crippen LogP contribution in [0.1, 0.15) is 12.0 Å². The van der Waals surface area contributed by atoms with Crippen LogP contribution in [0.4, 0.5) is 5.82 Å². The summed E-state index contributed by atoms with van der Waals surface area (Å²) in [5.74, 6) is 0.696. The van der Waals surface area contributed by atoms with E-state index >= 15 is 0 Å². The van der Waals surface area contributed by atoms with E-state index in [2.05, 4.69) is 5.32 Å². The third-order valence-corrected chi connectivity index (χ3v) is 4.32. The summed E-state index contributed by atoms with van der Waals surface area (Å²) >= 11 is 0. The fourth-order valence-electron chi connectivity index (χ4n) is 3.01. The number of anilines is 1. The molecule has 1 N–H and O–H groups in total. The highest BCUT2D eigenvalue weighted by Gasteiger charge is 2.16. The van der Waals surface area contributed by atoms with Gasteiger partial charge in [-0.05, 0) is 24.1 Å². The minimum atomic E-state index is -0.0170. The number of aryl methyl sites for hydroxylation is 1. The van der Waals surface area contributed by atoms with Crippen molar-refractivity contribution in [1.29, 1.82) is 0 Å². The molecule has 128 valence electrons. The Bertz CT molecular complexity index is 1020. The number of hydrogen-bond donors (Lipinski definition) is 1. The SMILES string of the molecule is O=C(CCc1ccccc1)Nc1c(-c2ccccc2)nc2ccccn12. The van der Waals surface area contributed by atoms with Crippen molar-refractivity contribution in [3.8, 4) is 11.3 Å².